The first-order valence-corrected chi connectivity index (χ1v) is 5.69. The van der Waals surface area contributed by atoms with E-state index in [0.717, 1.165) is 19.3 Å². The highest BCUT2D eigenvalue weighted by atomic mass is 16.3. The van der Waals surface area contributed by atoms with E-state index in [9.17, 15) is 4.79 Å². The van der Waals surface area contributed by atoms with Gasteiger partial charge in [0, 0.05) is 18.6 Å². The van der Waals surface area contributed by atoms with E-state index >= 15 is 0 Å². The minimum Gasteiger partial charge on any atom is -0.396 e. The molecule has 1 rings (SSSR count). The van der Waals surface area contributed by atoms with Gasteiger partial charge in [-0.2, -0.15) is 0 Å². The molecule has 1 atom stereocenters. The Labute approximate surface area is 85.9 Å². The number of hydrogen-bond acceptors (Lipinski definition) is 2. The third-order valence-electron chi connectivity index (χ3n) is 3.04. The molecule has 0 aliphatic heterocycles. The normalized spacial score (nSPS) is 19.6. The number of aliphatic hydroxyl groups is 1. The third-order valence-corrected chi connectivity index (χ3v) is 3.04. The van der Waals surface area contributed by atoms with Gasteiger partial charge < -0.3 is 10.4 Å². The quantitative estimate of drug-likeness (QED) is 0.704. The van der Waals surface area contributed by atoms with E-state index in [1.165, 1.54) is 12.8 Å². The minimum absolute atomic E-state index is 0.156. The number of hydrogen-bond donors (Lipinski definition) is 2. The molecule has 0 saturated heterocycles. The summed E-state index contributed by atoms with van der Waals surface area (Å²) in [5, 5.41) is 11.8. The van der Waals surface area contributed by atoms with Gasteiger partial charge >= 0.3 is 0 Å². The summed E-state index contributed by atoms with van der Waals surface area (Å²) >= 11 is 0. The summed E-state index contributed by atoms with van der Waals surface area (Å²) in [5.41, 5.74) is 0. The zero-order valence-corrected chi connectivity index (χ0v) is 8.96. The maximum atomic E-state index is 11.7. The Bertz CT molecular complexity index is 176. The average Bonchev–Trinajstić information content (AvgIpc) is 2.69. The molecule has 14 heavy (non-hydrogen) atoms. The molecule has 1 aliphatic carbocycles. The van der Waals surface area contributed by atoms with E-state index < -0.39 is 0 Å². The number of carbonyl (C=O) groups excluding carboxylic acids is 1. The average molecular weight is 199 g/mol. The number of rotatable bonds is 5. The number of aliphatic hydroxyl groups excluding tert-OH is 1. The van der Waals surface area contributed by atoms with Gasteiger partial charge in [0.1, 0.15) is 0 Å². The predicted molar refractivity (Wildman–Crippen MR) is 55.9 cm³/mol. The Morgan fingerprint density at radius 2 is 2.14 bits per heavy atom. The fraction of sp³-hybridized carbons (Fsp3) is 0.909. The van der Waals surface area contributed by atoms with Crippen molar-refractivity contribution in [2.75, 3.05) is 6.61 Å². The van der Waals surface area contributed by atoms with E-state index in [1.807, 2.05) is 6.92 Å². The van der Waals surface area contributed by atoms with Gasteiger partial charge in [0.2, 0.25) is 5.91 Å². The molecule has 1 amide bonds. The Hall–Kier alpha value is -0.570. The molecule has 0 aromatic carbocycles. The summed E-state index contributed by atoms with van der Waals surface area (Å²) in [5.74, 6) is 0.436. The van der Waals surface area contributed by atoms with Crippen molar-refractivity contribution in [3.63, 3.8) is 0 Å². The molecular weight excluding hydrogens is 178 g/mol. The van der Waals surface area contributed by atoms with Crippen LogP contribution >= 0.6 is 0 Å². The molecule has 82 valence electrons. The molecule has 1 saturated carbocycles. The van der Waals surface area contributed by atoms with Crippen LogP contribution in [0.2, 0.25) is 0 Å². The Morgan fingerprint density at radius 1 is 1.50 bits per heavy atom. The monoisotopic (exact) mass is 199 g/mol. The summed E-state index contributed by atoms with van der Waals surface area (Å²) in [4.78, 5) is 11.7. The van der Waals surface area contributed by atoms with Crippen LogP contribution in [0.1, 0.15) is 45.4 Å². The van der Waals surface area contributed by atoms with Crippen LogP contribution in [-0.4, -0.2) is 23.7 Å². The van der Waals surface area contributed by atoms with Crippen LogP contribution in [0.4, 0.5) is 0 Å². The van der Waals surface area contributed by atoms with Crippen LogP contribution in [0.15, 0.2) is 0 Å². The summed E-state index contributed by atoms with van der Waals surface area (Å²) in [7, 11) is 0. The van der Waals surface area contributed by atoms with E-state index in [0.29, 0.717) is 6.42 Å². The minimum atomic E-state index is 0.156. The molecule has 0 bridgehead atoms. The SMILES string of the molecule is CCC(CCO)NC(=O)C1CCCC1. The molecule has 1 fully saturated rings. The van der Waals surface area contributed by atoms with Crippen molar-refractivity contribution < 1.29 is 9.90 Å². The number of nitrogens with one attached hydrogen (secondary N) is 1. The van der Waals surface area contributed by atoms with E-state index in [1.54, 1.807) is 0 Å². The zero-order chi connectivity index (χ0) is 10.4. The molecule has 0 heterocycles. The van der Waals surface area contributed by atoms with E-state index in [4.69, 9.17) is 5.11 Å². The molecule has 3 heteroatoms. The largest absolute Gasteiger partial charge is 0.396 e. The number of carbonyl (C=O) groups is 1. The van der Waals surface area contributed by atoms with E-state index in [2.05, 4.69) is 5.32 Å². The zero-order valence-electron chi connectivity index (χ0n) is 8.96. The van der Waals surface area contributed by atoms with Crippen molar-refractivity contribution in [3.8, 4) is 0 Å². The maximum Gasteiger partial charge on any atom is 0.223 e. The van der Waals surface area contributed by atoms with Crippen molar-refractivity contribution in [2.45, 2.75) is 51.5 Å². The second kappa shape index (κ2) is 6.02. The topological polar surface area (TPSA) is 49.3 Å². The first-order chi connectivity index (χ1) is 6.77. The van der Waals surface area contributed by atoms with Gasteiger partial charge in [0.05, 0.1) is 0 Å². The first-order valence-electron chi connectivity index (χ1n) is 5.69. The third kappa shape index (κ3) is 3.29. The van der Waals surface area contributed by atoms with Gasteiger partial charge in [-0.05, 0) is 25.7 Å². The smallest absolute Gasteiger partial charge is 0.223 e. The van der Waals surface area contributed by atoms with Crippen LogP contribution in [0.25, 0.3) is 0 Å². The van der Waals surface area contributed by atoms with Crippen molar-refractivity contribution in [2.24, 2.45) is 5.92 Å². The van der Waals surface area contributed by atoms with Gasteiger partial charge in [-0.15, -0.1) is 0 Å². The summed E-state index contributed by atoms with van der Waals surface area (Å²) in [6.07, 6.45) is 6.04. The lowest BCUT2D eigenvalue weighted by Gasteiger charge is -2.18. The predicted octanol–water partition coefficient (Wildman–Crippen LogP) is 1.45. The summed E-state index contributed by atoms with van der Waals surface area (Å²) in [6, 6.07) is 0.160. The highest BCUT2D eigenvalue weighted by Crippen LogP contribution is 2.24. The Balaban J connectivity index is 2.29. The highest BCUT2D eigenvalue weighted by Gasteiger charge is 2.23. The molecule has 0 aromatic rings. The molecule has 0 aromatic heterocycles. The van der Waals surface area contributed by atoms with Gasteiger partial charge in [-0.1, -0.05) is 19.8 Å². The van der Waals surface area contributed by atoms with Gasteiger partial charge in [-0.25, -0.2) is 0 Å². The van der Waals surface area contributed by atoms with Crippen LogP contribution < -0.4 is 5.32 Å². The van der Waals surface area contributed by atoms with Crippen molar-refractivity contribution in [1.82, 2.24) is 5.32 Å². The molecule has 1 unspecified atom stereocenters. The fourth-order valence-electron chi connectivity index (χ4n) is 2.04. The Morgan fingerprint density at radius 3 is 2.64 bits per heavy atom. The van der Waals surface area contributed by atoms with Crippen LogP contribution in [0.5, 0.6) is 0 Å². The van der Waals surface area contributed by atoms with Crippen LogP contribution in [0.3, 0.4) is 0 Å². The lowest BCUT2D eigenvalue weighted by Crippen LogP contribution is -2.38. The molecular formula is C11H21NO2. The number of amides is 1. The van der Waals surface area contributed by atoms with Gasteiger partial charge in [0.25, 0.3) is 0 Å². The Kier molecular flexibility index (Phi) is 4.94. The standard InChI is InChI=1S/C11H21NO2/c1-2-10(7-8-13)12-11(14)9-5-3-4-6-9/h9-10,13H,2-8H2,1H3,(H,12,14). The van der Waals surface area contributed by atoms with Crippen molar-refractivity contribution in [3.05, 3.63) is 0 Å². The second-order valence-electron chi connectivity index (χ2n) is 4.11. The lowest BCUT2D eigenvalue weighted by atomic mass is 10.1. The molecule has 3 nitrogen and oxygen atoms in total. The van der Waals surface area contributed by atoms with Crippen molar-refractivity contribution in [1.29, 1.82) is 0 Å². The summed E-state index contributed by atoms with van der Waals surface area (Å²) < 4.78 is 0. The fourth-order valence-corrected chi connectivity index (χ4v) is 2.04. The molecule has 0 spiro atoms. The second-order valence-corrected chi connectivity index (χ2v) is 4.11. The summed E-state index contributed by atoms with van der Waals surface area (Å²) in [6.45, 7) is 2.19. The lowest BCUT2D eigenvalue weighted by molar-refractivity contribution is -0.125. The molecule has 1 aliphatic rings. The van der Waals surface area contributed by atoms with Gasteiger partial charge in [-0.3, -0.25) is 4.79 Å². The highest BCUT2D eigenvalue weighted by molar-refractivity contribution is 5.79. The first kappa shape index (κ1) is 11.5. The van der Waals surface area contributed by atoms with Gasteiger partial charge in [0.15, 0.2) is 0 Å². The van der Waals surface area contributed by atoms with Crippen LogP contribution in [0, 0.1) is 5.92 Å². The maximum absolute atomic E-state index is 11.7. The molecule has 0 radical (unpaired) electrons. The van der Waals surface area contributed by atoms with Crippen LogP contribution in [-0.2, 0) is 4.79 Å². The van der Waals surface area contributed by atoms with E-state index in [-0.39, 0.29) is 24.5 Å². The van der Waals surface area contributed by atoms with Crippen molar-refractivity contribution >= 4 is 5.91 Å². The molecule has 2 N–H and O–H groups in total.